The van der Waals surface area contributed by atoms with E-state index in [4.69, 9.17) is 9.47 Å². The number of benzene rings is 3. The van der Waals surface area contributed by atoms with Gasteiger partial charge in [0, 0.05) is 0 Å². The van der Waals surface area contributed by atoms with Crippen molar-refractivity contribution < 1.29 is 9.47 Å². The molecule has 0 N–H and O–H groups in total. The average Bonchev–Trinajstić information content (AvgIpc) is 3.16. The van der Waals surface area contributed by atoms with Gasteiger partial charge in [0.25, 0.3) is 0 Å². The molecule has 2 saturated carbocycles. The van der Waals surface area contributed by atoms with Gasteiger partial charge in [-0.2, -0.15) is 0 Å². The minimum absolute atomic E-state index is 0.0890. The lowest BCUT2D eigenvalue weighted by atomic mass is 9.78. The molecule has 2 nitrogen and oxygen atoms in total. The molecule has 2 heteroatoms. The molecule has 3 aromatic rings. The maximum absolute atomic E-state index is 6.49. The molecule has 2 fully saturated rings. The van der Waals surface area contributed by atoms with Gasteiger partial charge in [-0.25, -0.2) is 0 Å². The summed E-state index contributed by atoms with van der Waals surface area (Å²) in [4.78, 5) is 0. The molecule has 0 amide bonds. The normalized spacial score (nSPS) is 21.6. The second-order valence-electron chi connectivity index (χ2n) is 16.2. The molecule has 2 aliphatic carbocycles. The molecule has 2 aliphatic rings. The summed E-state index contributed by atoms with van der Waals surface area (Å²) in [5.41, 5.74) is 6.55. The van der Waals surface area contributed by atoms with Crippen LogP contribution in [0.5, 0.6) is 0 Å². The Balaban J connectivity index is 0.972. The van der Waals surface area contributed by atoms with E-state index < -0.39 is 0 Å². The van der Waals surface area contributed by atoms with Gasteiger partial charge in [-0.05, 0) is 77.2 Å². The van der Waals surface area contributed by atoms with Gasteiger partial charge in [0.05, 0.1) is 19.8 Å². The monoisotopic (exact) mass is 679 g/mol. The molecule has 0 radical (unpaired) electrons. The van der Waals surface area contributed by atoms with Crippen LogP contribution in [0, 0.1) is 23.7 Å². The van der Waals surface area contributed by atoms with Crippen LogP contribution in [0.4, 0.5) is 0 Å². The topological polar surface area (TPSA) is 18.5 Å². The fourth-order valence-corrected chi connectivity index (χ4v) is 8.95. The van der Waals surface area contributed by atoms with Crippen LogP contribution in [0.2, 0.25) is 0 Å². The van der Waals surface area contributed by atoms with Gasteiger partial charge in [-0.1, -0.05) is 195 Å². The first-order valence-electron chi connectivity index (χ1n) is 21.1. The first kappa shape index (κ1) is 38.8. The van der Waals surface area contributed by atoms with Crippen LogP contribution in [-0.4, -0.2) is 6.61 Å². The van der Waals surface area contributed by atoms with Crippen LogP contribution < -0.4 is 0 Å². The summed E-state index contributed by atoms with van der Waals surface area (Å²) >= 11 is 0. The summed E-state index contributed by atoms with van der Waals surface area (Å²) in [6.45, 7) is 6.43. The number of hydrogen-bond donors (Lipinski definition) is 0. The van der Waals surface area contributed by atoms with Crippen molar-refractivity contribution in [2.45, 2.75) is 162 Å². The number of hydrogen-bond acceptors (Lipinski definition) is 2. The number of ether oxygens (including phenoxy) is 2. The lowest BCUT2D eigenvalue weighted by molar-refractivity contribution is -0.0313. The molecule has 3 aromatic carbocycles. The largest absolute Gasteiger partial charge is 0.374 e. The molecule has 0 aromatic heterocycles. The number of aryl methyl sites for hydroxylation is 2. The van der Waals surface area contributed by atoms with Crippen LogP contribution in [0.25, 0.3) is 0 Å². The highest BCUT2D eigenvalue weighted by atomic mass is 16.5. The summed E-state index contributed by atoms with van der Waals surface area (Å²) < 4.78 is 12.8. The van der Waals surface area contributed by atoms with E-state index in [1.807, 2.05) is 0 Å². The van der Waals surface area contributed by atoms with Gasteiger partial charge in [-0.15, -0.1) is 0 Å². The summed E-state index contributed by atoms with van der Waals surface area (Å²) in [5, 5.41) is 0. The standard InChI is InChI=1S/C48H70O2/c1-3-12-39-20-24-41(25-21-39)14-8-10-16-43-28-32-45(33-29-43)36-49-38-48(47-18-6-5-7-19-47)50-37-46-34-30-44(31-35-46)17-11-9-15-42-26-22-40(13-4-2)23-27-42/h5-7,18-19,28-35,39-42,48H,3-4,8-17,20-27,36-38H2,1-2H3/t39?,40?,41?,42?,48-/m0/s1. The van der Waals surface area contributed by atoms with Crippen LogP contribution in [-0.2, 0) is 35.5 Å². The molecule has 0 bridgehead atoms. The molecule has 0 aliphatic heterocycles. The van der Waals surface area contributed by atoms with E-state index in [9.17, 15) is 0 Å². The van der Waals surface area contributed by atoms with E-state index in [-0.39, 0.29) is 6.10 Å². The summed E-state index contributed by atoms with van der Waals surface area (Å²) in [7, 11) is 0. The number of unbranched alkanes of at least 4 members (excludes halogenated alkanes) is 2. The van der Waals surface area contributed by atoms with E-state index in [2.05, 4.69) is 92.7 Å². The van der Waals surface area contributed by atoms with Gasteiger partial charge in [0.15, 0.2) is 0 Å². The Kier molecular flexibility index (Phi) is 17.5. The van der Waals surface area contributed by atoms with E-state index in [1.54, 1.807) is 0 Å². The van der Waals surface area contributed by atoms with Crippen molar-refractivity contribution in [3.8, 4) is 0 Å². The molecule has 0 spiro atoms. The van der Waals surface area contributed by atoms with Crippen molar-refractivity contribution in [3.63, 3.8) is 0 Å². The van der Waals surface area contributed by atoms with Gasteiger partial charge >= 0.3 is 0 Å². The maximum atomic E-state index is 6.49. The Morgan fingerprint density at radius 3 is 1.36 bits per heavy atom. The Labute approximate surface area is 307 Å². The number of rotatable bonds is 22. The zero-order valence-electron chi connectivity index (χ0n) is 32.0. The molecule has 1 atom stereocenters. The molecule has 50 heavy (non-hydrogen) atoms. The SMILES string of the molecule is CCCC1CCC(CCCCc2ccc(COC[C@H](OCc3ccc(CCCCC4CCC(CCC)CC4)cc3)c3ccccc3)cc2)CC1. The fourth-order valence-electron chi connectivity index (χ4n) is 8.95. The van der Waals surface area contributed by atoms with Crippen LogP contribution in [0.1, 0.15) is 163 Å². The predicted octanol–water partition coefficient (Wildman–Crippen LogP) is 13.8. The molecule has 0 unspecified atom stereocenters. The third-order valence-corrected chi connectivity index (χ3v) is 12.2. The highest BCUT2D eigenvalue weighted by Gasteiger charge is 2.21. The van der Waals surface area contributed by atoms with E-state index in [1.165, 1.54) is 156 Å². The zero-order valence-corrected chi connectivity index (χ0v) is 32.0. The van der Waals surface area contributed by atoms with Crippen LogP contribution in [0.15, 0.2) is 78.9 Å². The maximum Gasteiger partial charge on any atom is 0.106 e. The second-order valence-corrected chi connectivity index (χ2v) is 16.2. The van der Waals surface area contributed by atoms with Crippen LogP contribution in [0.3, 0.4) is 0 Å². The van der Waals surface area contributed by atoms with Crippen molar-refractivity contribution in [1.82, 2.24) is 0 Å². The molecule has 0 heterocycles. The van der Waals surface area contributed by atoms with Gasteiger partial charge < -0.3 is 9.47 Å². The van der Waals surface area contributed by atoms with E-state index in [0.29, 0.717) is 19.8 Å². The highest BCUT2D eigenvalue weighted by molar-refractivity contribution is 5.24. The van der Waals surface area contributed by atoms with Gasteiger partial charge in [0.1, 0.15) is 6.10 Å². The third-order valence-electron chi connectivity index (χ3n) is 12.2. The van der Waals surface area contributed by atoms with Crippen molar-refractivity contribution in [3.05, 3.63) is 107 Å². The highest BCUT2D eigenvalue weighted by Crippen LogP contribution is 2.35. The molecule has 274 valence electrons. The molecular formula is C48H70O2. The van der Waals surface area contributed by atoms with Crippen molar-refractivity contribution in [2.75, 3.05) is 6.61 Å². The third kappa shape index (κ3) is 14.0. The Bertz CT molecular complexity index is 1270. The summed E-state index contributed by atoms with van der Waals surface area (Å²) in [6.07, 6.45) is 27.9. The van der Waals surface area contributed by atoms with Gasteiger partial charge in [-0.3, -0.25) is 0 Å². The van der Waals surface area contributed by atoms with Crippen molar-refractivity contribution >= 4 is 0 Å². The Morgan fingerprint density at radius 2 is 0.900 bits per heavy atom. The summed E-state index contributed by atoms with van der Waals surface area (Å²) in [6, 6.07) is 28.8. The fraction of sp³-hybridized carbons (Fsp3) is 0.625. The average molecular weight is 679 g/mol. The minimum Gasteiger partial charge on any atom is -0.374 e. The smallest absolute Gasteiger partial charge is 0.106 e. The molecular weight excluding hydrogens is 609 g/mol. The zero-order chi connectivity index (χ0) is 34.6. The minimum atomic E-state index is -0.0890. The lowest BCUT2D eigenvalue weighted by Gasteiger charge is -2.28. The second kappa shape index (κ2) is 22.5. The molecule has 5 rings (SSSR count). The first-order valence-corrected chi connectivity index (χ1v) is 21.1. The van der Waals surface area contributed by atoms with E-state index in [0.717, 1.165) is 23.7 Å². The summed E-state index contributed by atoms with van der Waals surface area (Å²) in [5.74, 6) is 4.01. The predicted molar refractivity (Wildman–Crippen MR) is 212 cm³/mol. The lowest BCUT2D eigenvalue weighted by Crippen LogP contribution is -2.14. The van der Waals surface area contributed by atoms with Crippen molar-refractivity contribution in [1.29, 1.82) is 0 Å². The van der Waals surface area contributed by atoms with Gasteiger partial charge in [0.2, 0.25) is 0 Å². The first-order chi connectivity index (χ1) is 24.7. The quantitative estimate of drug-likeness (QED) is 0.0985. The Morgan fingerprint density at radius 1 is 0.480 bits per heavy atom. The molecule has 0 saturated heterocycles. The van der Waals surface area contributed by atoms with Crippen molar-refractivity contribution in [2.24, 2.45) is 23.7 Å². The Hall–Kier alpha value is -2.42. The van der Waals surface area contributed by atoms with Crippen LogP contribution >= 0.6 is 0 Å². The van der Waals surface area contributed by atoms with E-state index >= 15 is 0 Å².